The number of carbonyl (C=O) groups excluding carboxylic acids is 1. The zero-order chi connectivity index (χ0) is 22.3. The maximum atomic E-state index is 14.3. The molecule has 0 fully saturated rings. The van der Waals surface area contributed by atoms with Gasteiger partial charge in [0.05, 0.1) is 18.4 Å². The van der Waals surface area contributed by atoms with Crippen molar-refractivity contribution in [3.8, 4) is 0 Å². The SMILES string of the molecule is COC(=O)Cc1c(C)n(Cc2ccc(S(C)(=O)=O)cc2C(F)(F)I)c2ncccc12. The van der Waals surface area contributed by atoms with E-state index < -0.39 is 19.7 Å². The first-order valence-electron chi connectivity index (χ1n) is 8.83. The van der Waals surface area contributed by atoms with Gasteiger partial charge >= 0.3 is 9.90 Å². The number of nitrogens with zero attached hydrogens (tertiary/aromatic N) is 2. The highest BCUT2D eigenvalue weighted by atomic mass is 127. The van der Waals surface area contributed by atoms with Crippen molar-refractivity contribution in [2.75, 3.05) is 13.4 Å². The van der Waals surface area contributed by atoms with Crippen LogP contribution < -0.4 is 0 Å². The Bertz CT molecular complexity index is 1230. The summed E-state index contributed by atoms with van der Waals surface area (Å²) in [6.45, 7) is 1.82. The lowest BCUT2D eigenvalue weighted by molar-refractivity contribution is -0.139. The summed E-state index contributed by atoms with van der Waals surface area (Å²) in [5.41, 5.74) is 1.84. The van der Waals surface area contributed by atoms with Crippen molar-refractivity contribution in [2.24, 2.45) is 0 Å². The molecule has 6 nitrogen and oxygen atoms in total. The molecule has 0 saturated carbocycles. The number of rotatable bonds is 6. The minimum absolute atomic E-state index is 0.0276. The number of carbonyl (C=O) groups is 1. The molecule has 0 aliphatic rings. The predicted octanol–water partition coefficient (Wildman–Crippen LogP) is 4.00. The van der Waals surface area contributed by atoms with Gasteiger partial charge in [-0.3, -0.25) is 4.79 Å². The van der Waals surface area contributed by atoms with Gasteiger partial charge in [-0.25, -0.2) is 13.4 Å². The summed E-state index contributed by atoms with van der Waals surface area (Å²) in [7, 11) is -2.34. The molecule has 0 unspecified atom stereocenters. The quantitative estimate of drug-likeness (QED) is 0.265. The summed E-state index contributed by atoms with van der Waals surface area (Å²) in [6, 6.07) is 7.27. The van der Waals surface area contributed by atoms with Gasteiger partial charge in [0.2, 0.25) is 0 Å². The first-order valence-corrected chi connectivity index (χ1v) is 11.8. The Kier molecular flexibility index (Phi) is 6.19. The number of ether oxygens (including phenoxy) is 1. The smallest absolute Gasteiger partial charge is 0.321 e. The Labute approximate surface area is 186 Å². The average molecular weight is 548 g/mol. The van der Waals surface area contributed by atoms with E-state index >= 15 is 0 Å². The van der Waals surface area contributed by atoms with Gasteiger partial charge in [0, 0.05) is 58.2 Å². The average Bonchev–Trinajstić information content (AvgIpc) is 2.92. The molecule has 2 aromatic heterocycles. The standard InChI is InChI=1S/C20H19F2IN2O4S/c1-12-16(10-18(26)29-2)15-5-4-8-24-19(15)25(12)11-13-6-7-14(30(3,27)28)9-17(13)20(21,22)23/h4-9H,10-11H2,1-3H3. The minimum atomic E-state index is -3.64. The molecular weight excluding hydrogens is 529 g/mol. The monoisotopic (exact) mass is 548 g/mol. The number of pyridine rings is 1. The number of aromatic nitrogens is 2. The molecule has 0 spiro atoms. The highest BCUT2D eigenvalue weighted by Crippen LogP contribution is 2.39. The molecule has 1 aromatic carbocycles. The van der Waals surface area contributed by atoms with Crippen LogP contribution in [0.3, 0.4) is 0 Å². The van der Waals surface area contributed by atoms with Crippen LogP contribution in [0.4, 0.5) is 8.78 Å². The molecule has 0 aliphatic carbocycles. The molecule has 3 aromatic rings. The van der Waals surface area contributed by atoms with Gasteiger partial charge in [-0.15, -0.1) is 0 Å². The van der Waals surface area contributed by atoms with Crippen LogP contribution in [0.15, 0.2) is 41.4 Å². The van der Waals surface area contributed by atoms with Crippen molar-refractivity contribution < 1.29 is 26.7 Å². The van der Waals surface area contributed by atoms with Crippen LogP contribution in [0.1, 0.15) is 22.4 Å². The maximum absolute atomic E-state index is 14.3. The third-order valence-corrected chi connectivity index (χ3v) is 6.59. The summed E-state index contributed by atoms with van der Waals surface area (Å²) >= 11 is 0.994. The number of benzene rings is 1. The first-order chi connectivity index (χ1) is 13.9. The lowest BCUT2D eigenvalue weighted by Crippen LogP contribution is -2.13. The highest BCUT2D eigenvalue weighted by molar-refractivity contribution is 14.1. The molecule has 0 aliphatic heterocycles. The van der Waals surface area contributed by atoms with Gasteiger partial charge in [-0.1, -0.05) is 6.07 Å². The second-order valence-electron chi connectivity index (χ2n) is 6.87. The Hall–Kier alpha value is -2.08. The predicted molar refractivity (Wildman–Crippen MR) is 117 cm³/mol. The van der Waals surface area contributed by atoms with Gasteiger partial charge in [0.15, 0.2) is 9.84 Å². The van der Waals surface area contributed by atoms with Gasteiger partial charge in [0.25, 0.3) is 0 Å². The number of halogens is 3. The molecule has 0 saturated heterocycles. The van der Waals surface area contributed by atoms with Crippen LogP contribution in [0.2, 0.25) is 0 Å². The summed E-state index contributed by atoms with van der Waals surface area (Å²) < 4.78 is 55.6. The fourth-order valence-corrected chi connectivity index (χ4v) is 4.50. The number of hydrogen-bond acceptors (Lipinski definition) is 5. The van der Waals surface area contributed by atoms with Crippen LogP contribution in [-0.4, -0.2) is 37.3 Å². The molecule has 0 N–H and O–H groups in total. The summed E-state index contributed by atoms with van der Waals surface area (Å²) in [4.78, 5) is 16.0. The molecule has 2 heterocycles. The van der Waals surface area contributed by atoms with E-state index in [0.29, 0.717) is 16.9 Å². The molecule has 160 valence electrons. The van der Waals surface area contributed by atoms with Gasteiger partial charge in [0.1, 0.15) is 5.65 Å². The molecule has 0 amide bonds. The largest absolute Gasteiger partial charge is 0.469 e. The molecular formula is C20H19F2IN2O4S. The highest BCUT2D eigenvalue weighted by Gasteiger charge is 2.31. The van der Waals surface area contributed by atoms with E-state index in [-0.39, 0.29) is 29.0 Å². The third kappa shape index (κ3) is 4.48. The number of hydrogen-bond donors (Lipinski definition) is 0. The minimum Gasteiger partial charge on any atom is -0.469 e. The molecule has 3 rings (SSSR count). The number of sulfone groups is 1. The number of esters is 1. The number of alkyl halides is 3. The summed E-state index contributed by atoms with van der Waals surface area (Å²) in [5, 5.41) is 0.732. The van der Waals surface area contributed by atoms with Gasteiger partial charge in [-0.05, 0) is 42.3 Å². The molecule has 10 heteroatoms. The lowest BCUT2D eigenvalue weighted by atomic mass is 10.1. The van der Waals surface area contributed by atoms with Crippen molar-refractivity contribution >= 4 is 49.4 Å². The van der Waals surface area contributed by atoms with Crippen LogP contribution in [0.25, 0.3) is 11.0 Å². The van der Waals surface area contributed by atoms with Crippen LogP contribution >= 0.6 is 22.6 Å². The van der Waals surface area contributed by atoms with E-state index in [1.54, 1.807) is 23.8 Å². The Morgan fingerprint density at radius 3 is 2.60 bits per heavy atom. The fraction of sp³-hybridized carbons (Fsp3) is 0.300. The third-order valence-electron chi connectivity index (χ3n) is 4.90. The van der Waals surface area contributed by atoms with Crippen LogP contribution in [0.5, 0.6) is 0 Å². The van der Waals surface area contributed by atoms with Crippen molar-refractivity contribution in [3.05, 3.63) is 58.9 Å². The molecule has 30 heavy (non-hydrogen) atoms. The van der Waals surface area contributed by atoms with E-state index in [1.807, 2.05) is 6.07 Å². The van der Waals surface area contributed by atoms with Crippen molar-refractivity contribution in [2.45, 2.75) is 28.7 Å². The normalized spacial score (nSPS) is 12.3. The second kappa shape index (κ2) is 8.22. The maximum Gasteiger partial charge on any atom is 0.321 e. The van der Waals surface area contributed by atoms with Crippen LogP contribution in [-0.2, 0) is 36.3 Å². The molecule has 0 bridgehead atoms. The fourth-order valence-electron chi connectivity index (χ4n) is 3.36. The first kappa shape index (κ1) is 22.6. The second-order valence-corrected chi connectivity index (χ2v) is 10.2. The van der Waals surface area contributed by atoms with Crippen molar-refractivity contribution in [1.29, 1.82) is 0 Å². The summed E-state index contributed by atoms with van der Waals surface area (Å²) in [6.07, 6.45) is 2.59. The van der Waals surface area contributed by atoms with E-state index in [9.17, 15) is 22.0 Å². The molecule has 0 atom stereocenters. The van der Waals surface area contributed by atoms with Gasteiger partial charge < -0.3 is 9.30 Å². The van der Waals surface area contributed by atoms with Crippen molar-refractivity contribution in [3.63, 3.8) is 0 Å². The Morgan fingerprint density at radius 2 is 2.00 bits per heavy atom. The summed E-state index contributed by atoms with van der Waals surface area (Å²) in [5.74, 6) is -0.419. The number of fused-ring (bicyclic) bond motifs is 1. The van der Waals surface area contributed by atoms with Crippen molar-refractivity contribution in [1.82, 2.24) is 9.55 Å². The van der Waals surface area contributed by atoms with Crippen LogP contribution in [0, 0.1) is 6.92 Å². The Morgan fingerprint density at radius 1 is 1.30 bits per heavy atom. The number of methoxy groups -OCH3 is 1. The van der Waals surface area contributed by atoms with Gasteiger partial charge in [-0.2, -0.15) is 8.78 Å². The Balaban J connectivity index is 2.17. The lowest BCUT2D eigenvalue weighted by Gasteiger charge is -2.17. The molecule has 0 radical (unpaired) electrons. The topological polar surface area (TPSA) is 78.3 Å². The van der Waals surface area contributed by atoms with E-state index in [4.69, 9.17) is 4.74 Å². The van der Waals surface area contributed by atoms with E-state index in [1.165, 1.54) is 19.2 Å². The zero-order valence-electron chi connectivity index (χ0n) is 16.4. The zero-order valence-corrected chi connectivity index (χ0v) is 19.4. The van der Waals surface area contributed by atoms with E-state index in [0.717, 1.165) is 40.3 Å². The van der Waals surface area contributed by atoms with E-state index in [2.05, 4.69) is 4.98 Å².